The molecule has 0 radical (unpaired) electrons. The standard InChI is InChI=1S/C15H22N2O/c1-3-4-7-18-13-5-6-15-14(9-13)12(10-17-15)8-11(2)16/h5-6,9-11,17H,3-4,7-8,16H2,1-2H3. The molecule has 0 aliphatic rings. The van der Waals surface area contributed by atoms with Gasteiger partial charge in [-0.05, 0) is 43.5 Å². The number of ether oxygens (including phenoxy) is 1. The van der Waals surface area contributed by atoms with E-state index in [2.05, 4.69) is 24.0 Å². The summed E-state index contributed by atoms with van der Waals surface area (Å²) in [6.07, 6.45) is 5.18. The van der Waals surface area contributed by atoms with Crippen LogP contribution in [0.3, 0.4) is 0 Å². The van der Waals surface area contributed by atoms with Crippen LogP contribution in [0.2, 0.25) is 0 Å². The Morgan fingerprint density at radius 2 is 2.22 bits per heavy atom. The first-order valence-electron chi connectivity index (χ1n) is 6.69. The number of rotatable bonds is 6. The summed E-state index contributed by atoms with van der Waals surface area (Å²) in [4.78, 5) is 3.28. The normalized spacial score (nSPS) is 12.8. The van der Waals surface area contributed by atoms with E-state index in [1.807, 2.05) is 19.2 Å². The summed E-state index contributed by atoms with van der Waals surface area (Å²) in [5, 5.41) is 1.22. The van der Waals surface area contributed by atoms with Crippen LogP contribution in [0.5, 0.6) is 5.75 Å². The van der Waals surface area contributed by atoms with Crippen LogP contribution in [-0.2, 0) is 6.42 Å². The molecule has 1 aromatic heterocycles. The van der Waals surface area contributed by atoms with Crippen molar-refractivity contribution >= 4 is 10.9 Å². The van der Waals surface area contributed by atoms with Gasteiger partial charge in [0.1, 0.15) is 5.75 Å². The number of hydrogen-bond acceptors (Lipinski definition) is 2. The van der Waals surface area contributed by atoms with E-state index in [1.165, 1.54) is 10.9 Å². The van der Waals surface area contributed by atoms with Crippen LogP contribution in [0.1, 0.15) is 32.3 Å². The van der Waals surface area contributed by atoms with Crippen molar-refractivity contribution in [1.82, 2.24) is 4.98 Å². The van der Waals surface area contributed by atoms with Gasteiger partial charge < -0.3 is 15.5 Å². The number of nitrogens with one attached hydrogen (secondary N) is 1. The molecule has 0 amide bonds. The molecule has 0 aliphatic carbocycles. The maximum atomic E-state index is 5.87. The number of aromatic amines is 1. The van der Waals surface area contributed by atoms with Crippen molar-refractivity contribution in [3.8, 4) is 5.75 Å². The number of fused-ring (bicyclic) bond motifs is 1. The molecular formula is C15H22N2O. The zero-order valence-corrected chi connectivity index (χ0v) is 11.2. The summed E-state index contributed by atoms with van der Waals surface area (Å²) in [5.74, 6) is 0.946. The smallest absolute Gasteiger partial charge is 0.120 e. The predicted molar refractivity (Wildman–Crippen MR) is 76.1 cm³/mol. The number of aromatic nitrogens is 1. The lowest BCUT2D eigenvalue weighted by Crippen LogP contribution is -2.17. The minimum absolute atomic E-state index is 0.175. The van der Waals surface area contributed by atoms with Gasteiger partial charge in [-0.3, -0.25) is 0 Å². The van der Waals surface area contributed by atoms with Gasteiger partial charge in [0.2, 0.25) is 0 Å². The second-order valence-electron chi connectivity index (χ2n) is 4.90. The minimum Gasteiger partial charge on any atom is -0.494 e. The van der Waals surface area contributed by atoms with Crippen LogP contribution in [0.4, 0.5) is 0 Å². The highest BCUT2D eigenvalue weighted by Crippen LogP contribution is 2.24. The quantitative estimate of drug-likeness (QED) is 0.769. The van der Waals surface area contributed by atoms with Crippen LogP contribution < -0.4 is 10.5 Å². The zero-order chi connectivity index (χ0) is 13.0. The molecule has 0 spiro atoms. The van der Waals surface area contributed by atoms with Gasteiger partial charge in [-0.1, -0.05) is 13.3 Å². The van der Waals surface area contributed by atoms with Gasteiger partial charge in [0.05, 0.1) is 6.61 Å². The summed E-state index contributed by atoms with van der Waals surface area (Å²) in [5.41, 5.74) is 8.28. The second kappa shape index (κ2) is 5.91. The van der Waals surface area contributed by atoms with Gasteiger partial charge in [0, 0.05) is 23.1 Å². The fourth-order valence-corrected chi connectivity index (χ4v) is 2.10. The molecule has 0 saturated carbocycles. The Kier molecular flexibility index (Phi) is 4.26. The van der Waals surface area contributed by atoms with Crippen molar-refractivity contribution in [2.75, 3.05) is 6.61 Å². The van der Waals surface area contributed by atoms with Gasteiger partial charge in [-0.25, -0.2) is 0 Å². The van der Waals surface area contributed by atoms with E-state index >= 15 is 0 Å². The molecule has 3 heteroatoms. The fraction of sp³-hybridized carbons (Fsp3) is 0.467. The lowest BCUT2D eigenvalue weighted by Gasteiger charge is -2.07. The van der Waals surface area contributed by atoms with Crippen molar-refractivity contribution < 1.29 is 4.74 Å². The first-order valence-corrected chi connectivity index (χ1v) is 6.69. The highest BCUT2D eigenvalue weighted by atomic mass is 16.5. The van der Waals surface area contributed by atoms with Gasteiger partial charge in [0.25, 0.3) is 0 Å². The number of nitrogens with two attached hydrogens (primary N) is 1. The highest BCUT2D eigenvalue weighted by Gasteiger charge is 2.07. The number of benzene rings is 1. The average Bonchev–Trinajstić information content (AvgIpc) is 2.72. The van der Waals surface area contributed by atoms with Crippen molar-refractivity contribution in [2.24, 2.45) is 5.73 Å². The average molecular weight is 246 g/mol. The van der Waals surface area contributed by atoms with Crippen LogP contribution >= 0.6 is 0 Å². The monoisotopic (exact) mass is 246 g/mol. The van der Waals surface area contributed by atoms with Gasteiger partial charge in [-0.15, -0.1) is 0 Å². The van der Waals surface area contributed by atoms with E-state index in [0.717, 1.165) is 37.1 Å². The maximum absolute atomic E-state index is 5.87. The molecule has 1 atom stereocenters. The molecule has 1 heterocycles. The molecule has 2 aromatic rings. The van der Waals surface area contributed by atoms with Crippen molar-refractivity contribution in [1.29, 1.82) is 0 Å². The Labute approximate surface area is 108 Å². The van der Waals surface area contributed by atoms with E-state index < -0.39 is 0 Å². The van der Waals surface area contributed by atoms with E-state index in [-0.39, 0.29) is 6.04 Å². The molecule has 98 valence electrons. The fourth-order valence-electron chi connectivity index (χ4n) is 2.10. The number of hydrogen-bond donors (Lipinski definition) is 2. The number of H-pyrrole nitrogens is 1. The van der Waals surface area contributed by atoms with Gasteiger partial charge >= 0.3 is 0 Å². The Hall–Kier alpha value is -1.48. The largest absolute Gasteiger partial charge is 0.494 e. The van der Waals surface area contributed by atoms with E-state index in [1.54, 1.807) is 0 Å². The molecule has 0 fully saturated rings. The Balaban J connectivity index is 2.19. The molecule has 0 bridgehead atoms. The molecule has 2 rings (SSSR count). The molecule has 1 aromatic carbocycles. The lowest BCUT2D eigenvalue weighted by atomic mass is 10.1. The third-order valence-corrected chi connectivity index (χ3v) is 3.05. The lowest BCUT2D eigenvalue weighted by molar-refractivity contribution is 0.310. The molecule has 3 N–H and O–H groups in total. The van der Waals surface area contributed by atoms with Crippen molar-refractivity contribution in [3.63, 3.8) is 0 Å². The molecular weight excluding hydrogens is 224 g/mol. The summed E-state index contributed by atoms with van der Waals surface area (Å²) in [7, 11) is 0. The van der Waals surface area contributed by atoms with Crippen molar-refractivity contribution in [2.45, 2.75) is 39.2 Å². The third-order valence-electron chi connectivity index (χ3n) is 3.05. The van der Waals surface area contributed by atoms with E-state index in [9.17, 15) is 0 Å². The topological polar surface area (TPSA) is 51.0 Å². The first kappa shape index (κ1) is 13.0. The van der Waals surface area contributed by atoms with Crippen LogP contribution in [0, 0.1) is 0 Å². The summed E-state index contributed by atoms with van der Waals surface area (Å²) in [6, 6.07) is 6.37. The van der Waals surface area contributed by atoms with Crippen LogP contribution in [-0.4, -0.2) is 17.6 Å². The van der Waals surface area contributed by atoms with Crippen molar-refractivity contribution in [3.05, 3.63) is 30.0 Å². The highest BCUT2D eigenvalue weighted by molar-refractivity contribution is 5.84. The molecule has 1 unspecified atom stereocenters. The van der Waals surface area contributed by atoms with Gasteiger partial charge in [0.15, 0.2) is 0 Å². The Morgan fingerprint density at radius 1 is 1.39 bits per heavy atom. The molecule has 3 nitrogen and oxygen atoms in total. The van der Waals surface area contributed by atoms with E-state index in [0.29, 0.717) is 0 Å². The van der Waals surface area contributed by atoms with E-state index in [4.69, 9.17) is 10.5 Å². The molecule has 0 aliphatic heterocycles. The Morgan fingerprint density at radius 3 is 2.94 bits per heavy atom. The summed E-state index contributed by atoms with van der Waals surface area (Å²) >= 11 is 0. The third kappa shape index (κ3) is 3.05. The maximum Gasteiger partial charge on any atom is 0.120 e. The second-order valence-corrected chi connectivity index (χ2v) is 4.90. The summed E-state index contributed by atoms with van der Waals surface area (Å²) < 4.78 is 5.74. The van der Waals surface area contributed by atoms with Gasteiger partial charge in [-0.2, -0.15) is 0 Å². The SMILES string of the molecule is CCCCOc1ccc2[nH]cc(CC(C)N)c2c1. The molecule has 0 saturated heterocycles. The summed E-state index contributed by atoms with van der Waals surface area (Å²) in [6.45, 7) is 4.98. The van der Waals surface area contributed by atoms with Crippen LogP contribution in [0.15, 0.2) is 24.4 Å². The first-order chi connectivity index (χ1) is 8.70. The zero-order valence-electron chi connectivity index (χ0n) is 11.2. The minimum atomic E-state index is 0.175. The number of unbranched alkanes of at least 4 members (excludes halogenated alkanes) is 1. The predicted octanol–water partition coefficient (Wildman–Crippen LogP) is 3.24. The van der Waals surface area contributed by atoms with Crippen LogP contribution in [0.25, 0.3) is 10.9 Å². The molecule has 18 heavy (non-hydrogen) atoms. The Bertz CT molecular complexity index is 502.